The van der Waals surface area contributed by atoms with Gasteiger partial charge in [0.1, 0.15) is 18.2 Å². The molecule has 4 rings (SSSR count). The molecule has 1 aromatic heterocycles. The van der Waals surface area contributed by atoms with Crippen LogP contribution in [-0.4, -0.2) is 51.5 Å². The highest BCUT2D eigenvalue weighted by atomic mass is 16.5. The van der Waals surface area contributed by atoms with Gasteiger partial charge in [-0.05, 0) is 37.1 Å². The smallest absolute Gasteiger partial charge is 0.350 e. The number of carbonyl (C=O) groups is 1. The van der Waals surface area contributed by atoms with Crippen LogP contribution in [0.5, 0.6) is 5.75 Å². The first-order chi connectivity index (χ1) is 15.1. The van der Waals surface area contributed by atoms with Gasteiger partial charge in [-0.1, -0.05) is 36.4 Å². The van der Waals surface area contributed by atoms with Crippen LogP contribution in [0.1, 0.15) is 24.6 Å². The Morgan fingerprint density at radius 1 is 1.13 bits per heavy atom. The molecule has 0 aliphatic carbocycles. The van der Waals surface area contributed by atoms with Gasteiger partial charge in [0, 0.05) is 26.1 Å². The Morgan fingerprint density at radius 3 is 2.58 bits per heavy atom. The maximum atomic E-state index is 12.7. The third-order valence-electron chi connectivity index (χ3n) is 5.43. The zero-order valence-electron chi connectivity index (χ0n) is 17.6. The van der Waals surface area contributed by atoms with Gasteiger partial charge in [0.2, 0.25) is 0 Å². The van der Waals surface area contributed by atoms with E-state index in [1.165, 1.54) is 4.68 Å². The van der Waals surface area contributed by atoms with Crippen LogP contribution in [0.3, 0.4) is 0 Å². The number of piperidine rings is 1. The lowest BCUT2D eigenvalue weighted by atomic mass is 9.97. The average Bonchev–Trinajstić information content (AvgIpc) is 3.12. The van der Waals surface area contributed by atoms with Crippen molar-refractivity contribution in [3.05, 3.63) is 77.0 Å². The predicted molar refractivity (Wildman–Crippen MR) is 118 cm³/mol. The van der Waals surface area contributed by atoms with Crippen LogP contribution in [0, 0.1) is 0 Å². The SMILES string of the molecule is Cn1nc(C2CCCN(C(=O)NCCOc3ccccc3)C2)n(-c2ccccc2)c1=O. The molecule has 8 nitrogen and oxygen atoms in total. The lowest BCUT2D eigenvalue weighted by Crippen LogP contribution is -2.46. The summed E-state index contributed by atoms with van der Waals surface area (Å²) in [6.45, 7) is 2.03. The second-order valence-corrected chi connectivity index (χ2v) is 7.61. The Balaban J connectivity index is 1.39. The molecule has 1 aliphatic rings. The number of hydrogen-bond donors (Lipinski definition) is 1. The molecule has 1 unspecified atom stereocenters. The van der Waals surface area contributed by atoms with Crippen molar-refractivity contribution in [2.75, 3.05) is 26.2 Å². The third kappa shape index (κ3) is 4.79. The van der Waals surface area contributed by atoms with Crippen LogP contribution in [0.15, 0.2) is 65.5 Å². The topological polar surface area (TPSA) is 81.4 Å². The minimum Gasteiger partial charge on any atom is -0.492 e. The first-order valence-electron chi connectivity index (χ1n) is 10.6. The summed E-state index contributed by atoms with van der Waals surface area (Å²) < 4.78 is 8.65. The predicted octanol–water partition coefficient (Wildman–Crippen LogP) is 2.54. The Bertz CT molecular complexity index is 1060. The van der Waals surface area contributed by atoms with Gasteiger partial charge in [-0.3, -0.25) is 0 Å². The van der Waals surface area contributed by atoms with Crippen molar-refractivity contribution >= 4 is 6.03 Å². The van der Waals surface area contributed by atoms with Crippen LogP contribution in [0.25, 0.3) is 5.69 Å². The second kappa shape index (κ2) is 9.51. The molecule has 3 aromatic rings. The summed E-state index contributed by atoms with van der Waals surface area (Å²) >= 11 is 0. The number of amides is 2. The fraction of sp³-hybridized carbons (Fsp3) is 0.348. The molecule has 2 amide bonds. The highest BCUT2D eigenvalue weighted by Crippen LogP contribution is 2.26. The van der Waals surface area contributed by atoms with Crippen LogP contribution >= 0.6 is 0 Å². The van der Waals surface area contributed by atoms with Crippen molar-refractivity contribution < 1.29 is 9.53 Å². The number of nitrogens with zero attached hydrogens (tertiary/aromatic N) is 4. The number of hydrogen-bond acceptors (Lipinski definition) is 4. The zero-order chi connectivity index (χ0) is 21.6. The lowest BCUT2D eigenvalue weighted by molar-refractivity contribution is 0.175. The average molecular weight is 422 g/mol. The van der Waals surface area contributed by atoms with Gasteiger partial charge in [-0.25, -0.2) is 18.8 Å². The number of ether oxygens (including phenoxy) is 1. The van der Waals surface area contributed by atoms with Crippen molar-refractivity contribution in [3.63, 3.8) is 0 Å². The van der Waals surface area contributed by atoms with E-state index in [-0.39, 0.29) is 17.6 Å². The van der Waals surface area contributed by atoms with Gasteiger partial charge in [-0.2, -0.15) is 5.10 Å². The zero-order valence-corrected chi connectivity index (χ0v) is 17.6. The van der Waals surface area contributed by atoms with E-state index in [0.717, 1.165) is 24.3 Å². The Kier molecular flexibility index (Phi) is 6.35. The van der Waals surface area contributed by atoms with Crippen LogP contribution in [-0.2, 0) is 7.05 Å². The number of nitrogens with one attached hydrogen (secondary N) is 1. The molecule has 8 heteroatoms. The molecule has 162 valence electrons. The Hall–Kier alpha value is -3.55. The summed E-state index contributed by atoms with van der Waals surface area (Å²) in [5.41, 5.74) is 0.607. The van der Waals surface area contributed by atoms with E-state index in [9.17, 15) is 9.59 Å². The minimum absolute atomic E-state index is 0.00539. The highest BCUT2D eigenvalue weighted by molar-refractivity contribution is 5.74. The highest BCUT2D eigenvalue weighted by Gasteiger charge is 2.29. The van der Waals surface area contributed by atoms with Crippen molar-refractivity contribution in [1.29, 1.82) is 0 Å². The van der Waals surface area contributed by atoms with E-state index in [4.69, 9.17) is 4.74 Å². The quantitative estimate of drug-likeness (QED) is 0.620. The number of carbonyl (C=O) groups excluding carboxylic acids is 1. The van der Waals surface area contributed by atoms with Crippen molar-refractivity contribution in [2.24, 2.45) is 7.05 Å². The monoisotopic (exact) mass is 421 g/mol. The summed E-state index contributed by atoms with van der Waals surface area (Å²) in [5, 5.41) is 7.43. The summed E-state index contributed by atoms with van der Waals surface area (Å²) in [4.78, 5) is 27.2. The van der Waals surface area contributed by atoms with E-state index in [0.29, 0.717) is 32.1 Å². The summed E-state index contributed by atoms with van der Waals surface area (Å²) in [5.74, 6) is 1.47. The van der Waals surface area contributed by atoms with Crippen LogP contribution < -0.4 is 15.7 Å². The molecule has 31 heavy (non-hydrogen) atoms. The number of aromatic nitrogens is 3. The first kappa shape index (κ1) is 20.7. The largest absolute Gasteiger partial charge is 0.492 e. The van der Waals surface area contributed by atoms with E-state index in [1.807, 2.05) is 60.7 Å². The number of para-hydroxylation sites is 2. The van der Waals surface area contributed by atoms with E-state index in [2.05, 4.69) is 10.4 Å². The van der Waals surface area contributed by atoms with Crippen LogP contribution in [0.4, 0.5) is 4.79 Å². The van der Waals surface area contributed by atoms with Crippen molar-refractivity contribution in [3.8, 4) is 11.4 Å². The van der Waals surface area contributed by atoms with Gasteiger partial charge < -0.3 is 15.0 Å². The normalized spacial score (nSPS) is 16.2. The van der Waals surface area contributed by atoms with Gasteiger partial charge in [-0.15, -0.1) is 0 Å². The molecule has 0 saturated carbocycles. The molecule has 2 heterocycles. The molecule has 0 spiro atoms. The standard InChI is InChI=1S/C23H27N5O3/c1-26-23(30)28(19-10-4-2-5-11-19)21(25-26)18-9-8-15-27(17-18)22(29)24-14-16-31-20-12-6-3-7-13-20/h2-7,10-13,18H,8-9,14-17H2,1H3,(H,24,29). The molecule has 1 saturated heterocycles. The summed E-state index contributed by atoms with van der Waals surface area (Å²) in [6, 6.07) is 18.9. The lowest BCUT2D eigenvalue weighted by Gasteiger charge is -2.32. The van der Waals surface area contributed by atoms with E-state index >= 15 is 0 Å². The van der Waals surface area contributed by atoms with Gasteiger partial charge in [0.25, 0.3) is 0 Å². The first-order valence-corrected chi connectivity index (χ1v) is 10.6. The molecule has 0 bridgehead atoms. The second-order valence-electron chi connectivity index (χ2n) is 7.61. The Morgan fingerprint density at radius 2 is 1.84 bits per heavy atom. The molecule has 1 N–H and O–H groups in total. The Labute approximate surface area is 181 Å². The van der Waals surface area contributed by atoms with Crippen molar-refractivity contribution in [2.45, 2.75) is 18.8 Å². The number of aryl methyl sites for hydroxylation is 1. The molecule has 1 atom stereocenters. The number of likely N-dealkylation sites (tertiary alicyclic amines) is 1. The molecular weight excluding hydrogens is 394 g/mol. The maximum Gasteiger partial charge on any atom is 0.350 e. The van der Waals surface area contributed by atoms with E-state index in [1.54, 1.807) is 16.5 Å². The van der Waals surface area contributed by atoms with E-state index < -0.39 is 0 Å². The summed E-state index contributed by atoms with van der Waals surface area (Å²) in [6.07, 6.45) is 1.74. The fourth-order valence-corrected chi connectivity index (χ4v) is 3.90. The minimum atomic E-state index is -0.180. The molecule has 1 aliphatic heterocycles. The molecule has 0 radical (unpaired) electrons. The maximum absolute atomic E-state index is 12.7. The number of rotatable bonds is 6. The number of benzene rings is 2. The van der Waals surface area contributed by atoms with Gasteiger partial charge in [0.15, 0.2) is 0 Å². The summed E-state index contributed by atoms with van der Waals surface area (Å²) in [7, 11) is 1.66. The third-order valence-corrected chi connectivity index (χ3v) is 5.43. The fourth-order valence-electron chi connectivity index (χ4n) is 3.90. The van der Waals surface area contributed by atoms with Gasteiger partial charge >= 0.3 is 11.7 Å². The molecular formula is C23H27N5O3. The molecule has 2 aromatic carbocycles. The van der Waals surface area contributed by atoms with Crippen molar-refractivity contribution in [1.82, 2.24) is 24.6 Å². The van der Waals surface area contributed by atoms with Gasteiger partial charge in [0.05, 0.1) is 12.2 Å². The molecule has 1 fully saturated rings. The van der Waals surface area contributed by atoms with Crippen LogP contribution in [0.2, 0.25) is 0 Å². The number of urea groups is 1.